The summed E-state index contributed by atoms with van der Waals surface area (Å²) in [6.07, 6.45) is 6.80. The van der Waals surface area contributed by atoms with E-state index in [0.29, 0.717) is 12.1 Å². The molecule has 0 aromatic heterocycles. The third kappa shape index (κ3) is 4.30. The fourth-order valence-corrected chi connectivity index (χ4v) is 2.92. The molecular weight excluding hydrogens is 302 g/mol. The van der Waals surface area contributed by atoms with Crippen molar-refractivity contribution in [2.45, 2.75) is 19.1 Å². The number of aliphatic hydroxyl groups excluding tert-OH is 1. The highest BCUT2D eigenvalue weighted by Gasteiger charge is 2.19. The summed E-state index contributed by atoms with van der Waals surface area (Å²) in [5, 5.41) is 13.0. The number of amides is 1. The number of hydrogen-bond acceptors (Lipinski definition) is 4. The standard InChI is InChI=1S/C19H21N3O2/c23-18(12-21-19(24)16-6-3-9-20-10-7-16)14-22-11-8-15-4-1-2-5-17(15)13-22/h1-7,10,18,23H,8,11-14H2,(H,21,24)/t18-/m0/s1. The maximum Gasteiger partial charge on any atom is 0.251 e. The Morgan fingerprint density at radius 1 is 1.38 bits per heavy atom. The SMILES string of the molecule is O=C(NC[C@H](O)CN1CCc2ccccc2C1)C1=CC=C=NC=C1. The molecule has 124 valence electrons. The second kappa shape index (κ2) is 7.88. The van der Waals surface area contributed by atoms with Gasteiger partial charge in [0, 0.05) is 44.0 Å². The maximum absolute atomic E-state index is 12.1. The zero-order valence-corrected chi connectivity index (χ0v) is 13.5. The Morgan fingerprint density at radius 2 is 2.21 bits per heavy atom. The van der Waals surface area contributed by atoms with Crippen LogP contribution in [0, 0.1) is 0 Å². The van der Waals surface area contributed by atoms with Crippen LogP contribution >= 0.6 is 0 Å². The van der Waals surface area contributed by atoms with Gasteiger partial charge in [-0.15, -0.1) is 0 Å². The van der Waals surface area contributed by atoms with Crippen molar-refractivity contribution in [2.75, 3.05) is 19.6 Å². The van der Waals surface area contributed by atoms with Crippen molar-refractivity contribution in [1.29, 1.82) is 0 Å². The summed E-state index contributed by atoms with van der Waals surface area (Å²) < 4.78 is 0. The van der Waals surface area contributed by atoms with E-state index in [4.69, 9.17) is 0 Å². The number of aliphatic imine (C=N–C) groups is 1. The minimum Gasteiger partial charge on any atom is -0.390 e. The Kier molecular flexibility index (Phi) is 5.39. The topological polar surface area (TPSA) is 64.9 Å². The van der Waals surface area contributed by atoms with Crippen molar-refractivity contribution in [3.63, 3.8) is 0 Å². The first-order chi connectivity index (χ1) is 11.7. The quantitative estimate of drug-likeness (QED) is 0.856. The molecule has 3 rings (SSSR count). The largest absolute Gasteiger partial charge is 0.390 e. The number of rotatable bonds is 5. The van der Waals surface area contributed by atoms with E-state index >= 15 is 0 Å². The molecule has 1 atom stereocenters. The van der Waals surface area contributed by atoms with Crippen LogP contribution in [-0.4, -0.2) is 47.5 Å². The Labute approximate surface area is 141 Å². The molecular formula is C19H21N3O2. The van der Waals surface area contributed by atoms with Gasteiger partial charge in [-0.25, -0.2) is 4.99 Å². The predicted octanol–water partition coefficient (Wildman–Crippen LogP) is 1.20. The van der Waals surface area contributed by atoms with Crippen LogP contribution in [0.5, 0.6) is 0 Å². The number of allylic oxidation sites excluding steroid dienone is 2. The van der Waals surface area contributed by atoms with Gasteiger partial charge in [-0.1, -0.05) is 24.3 Å². The molecule has 5 heteroatoms. The van der Waals surface area contributed by atoms with Gasteiger partial charge in [0.25, 0.3) is 5.91 Å². The normalized spacial score (nSPS) is 17.8. The van der Waals surface area contributed by atoms with E-state index in [-0.39, 0.29) is 12.5 Å². The minimum absolute atomic E-state index is 0.218. The fourth-order valence-electron chi connectivity index (χ4n) is 2.92. The van der Waals surface area contributed by atoms with Crippen LogP contribution in [0.3, 0.4) is 0 Å². The monoisotopic (exact) mass is 323 g/mol. The van der Waals surface area contributed by atoms with Gasteiger partial charge >= 0.3 is 0 Å². The van der Waals surface area contributed by atoms with Crippen LogP contribution < -0.4 is 5.32 Å². The van der Waals surface area contributed by atoms with Gasteiger partial charge in [0.05, 0.1) is 6.10 Å². The molecule has 2 aliphatic rings. The third-order valence-corrected chi connectivity index (χ3v) is 4.18. The van der Waals surface area contributed by atoms with Crippen LogP contribution in [0.25, 0.3) is 0 Å². The number of hydrogen-bond donors (Lipinski definition) is 2. The first kappa shape index (κ1) is 16.4. The first-order valence-electron chi connectivity index (χ1n) is 8.13. The van der Waals surface area contributed by atoms with Crippen molar-refractivity contribution >= 4 is 11.8 Å². The molecule has 0 saturated carbocycles. The third-order valence-electron chi connectivity index (χ3n) is 4.18. The lowest BCUT2D eigenvalue weighted by atomic mass is 10.00. The van der Waals surface area contributed by atoms with E-state index in [2.05, 4.69) is 39.3 Å². The van der Waals surface area contributed by atoms with E-state index in [9.17, 15) is 9.90 Å². The maximum atomic E-state index is 12.1. The summed E-state index contributed by atoms with van der Waals surface area (Å²) in [7, 11) is 0. The summed E-state index contributed by atoms with van der Waals surface area (Å²) >= 11 is 0. The van der Waals surface area contributed by atoms with Crippen LogP contribution in [0.4, 0.5) is 0 Å². The number of benzene rings is 1. The van der Waals surface area contributed by atoms with Crippen LogP contribution in [-0.2, 0) is 17.8 Å². The van der Waals surface area contributed by atoms with Gasteiger partial charge in [-0.05, 0) is 35.6 Å². The molecule has 1 amide bonds. The number of β-amino-alcohol motifs (C(OH)–C–C–N with tert-alkyl or cyclic N) is 1. The fraction of sp³-hybridized carbons (Fsp3) is 0.316. The lowest BCUT2D eigenvalue weighted by Gasteiger charge is -2.30. The molecule has 1 aromatic carbocycles. The molecule has 2 N–H and O–H groups in total. The average Bonchev–Trinajstić information content (AvgIpc) is 2.89. The van der Waals surface area contributed by atoms with E-state index < -0.39 is 6.10 Å². The number of nitrogens with one attached hydrogen (secondary N) is 1. The molecule has 0 unspecified atom stereocenters. The summed E-state index contributed by atoms with van der Waals surface area (Å²) in [5.74, 6) is 2.44. The molecule has 0 saturated heterocycles. The second-order valence-corrected chi connectivity index (χ2v) is 5.98. The van der Waals surface area contributed by atoms with Crippen molar-refractivity contribution < 1.29 is 9.90 Å². The average molecular weight is 323 g/mol. The molecule has 2 aliphatic heterocycles. The lowest BCUT2D eigenvalue weighted by molar-refractivity contribution is -0.117. The summed E-state index contributed by atoms with van der Waals surface area (Å²) in [6, 6.07) is 8.41. The summed E-state index contributed by atoms with van der Waals surface area (Å²) in [6.45, 7) is 2.55. The van der Waals surface area contributed by atoms with Gasteiger partial charge in [-0.3, -0.25) is 9.69 Å². The number of aliphatic hydroxyl groups is 1. The zero-order valence-electron chi connectivity index (χ0n) is 13.5. The minimum atomic E-state index is -0.596. The second-order valence-electron chi connectivity index (χ2n) is 5.98. The molecule has 0 spiro atoms. The van der Waals surface area contributed by atoms with Crippen molar-refractivity contribution in [2.24, 2.45) is 4.99 Å². The van der Waals surface area contributed by atoms with Crippen LogP contribution in [0.1, 0.15) is 11.1 Å². The molecule has 0 bridgehead atoms. The molecule has 2 heterocycles. The Morgan fingerprint density at radius 3 is 3.08 bits per heavy atom. The summed E-state index contributed by atoms with van der Waals surface area (Å²) in [5.41, 5.74) is 3.21. The highest BCUT2D eigenvalue weighted by molar-refractivity contribution is 5.97. The first-order valence-corrected chi connectivity index (χ1v) is 8.13. The van der Waals surface area contributed by atoms with Gasteiger partial charge < -0.3 is 10.4 Å². The van der Waals surface area contributed by atoms with E-state index in [0.717, 1.165) is 19.5 Å². The lowest BCUT2D eigenvalue weighted by Crippen LogP contribution is -2.42. The van der Waals surface area contributed by atoms with Crippen LogP contribution in [0.2, 0.25) is 0 Å². The molecule has 0 aliphatic carbocycles. The summed E-state index contributed by atoms with van der Waals surface area (Å²) in [4.78, 5) is 18.1. The highest BCUT2D eigenvalue weighted by Crippen LogP contribution is 2.18. The Balaban J connectivity index is 1.46. The number of nitrogens with zero attached hydrogens (tertiary/aromatic N) is 2. The molecule has 5 nitrogen and oxygen atoms in total. The smallest absolute Gasteiger partial charge is 0.251 e. The van der Waals surface area contributed by atoms with E-state index in [1.807, 2.05) is 6.07 Å². The molecule has 1 aromatic rings. The van der Waals surface area contributed by atoms with Gasteiger partial charge in [0.2, 0.25) is 0 Å². The van der Waals surface area contributed by atoms with Crippen molar-refractivity contribution in [3.05, 3.63) is 65.4 Å². The molecule has 0 fully saturated rings. The van der Waals surface area contributed by atoms with Crippen molar-refractivity contribution in [1.82, 2.24) is 10.2 Å². The van der Waals surface area contributed by atoms with Crippen LogP contribution in [0.15, 0.2) is 59.3 Å². The number of fused-ring (bicyclic) bond motifs is 1. The zero-order chi connectivity index (χ0) is 16.8. The van der Waals surface area contributed by atoms with Gasteiger partial charge in [0.1, 0.15) is 0 Å². The molecule has 24 heavy (non-hydrogen) atoms. The van der Waals surface area contributed by atoms with E-state index in [1.165, 1.54) is 17.3 Å². The van der Waals surface area contributed by atoms with E-state index in [1.54, 1.807) is 18.2 Å². The number of carbonyl (C=O) groups excluding carboxylic acids is 1. The van der Waals surface area contributed by atoms with Crippen molar-refractivity contribution in [3.8, 4) is 0 Å². The highest BCUT2D eigenvalue weighted by atomic mass is 16.3. The predicted molar refractivity (Wildman–Crippen MR) is 93.7 cm³/mol. The molecule has 0 radical (unpaired) electrons. The Bertz CT molecular complexity index is 730. The Hall–Kier alpha value is -2.46. The van der Waals surface area contributed by atoms with Gasteiger partial charge in [-0.2, -0.15) is 0 Å². The van der Waals surface area contributed by atoms with Gasteiger partial charge in [0.15, 0.2) is 0 Å². The number of carbonyl (C=O) groups is 1.